The van der Waals surface area contributed by atoms with Crippen molar-refractivity contribution in [1.29, 1.82) is 0 Å². The Hall–Kier alpha value is -1.14. The summed E-state index contributed by atoms with van der Waals surface area (Å²) in [7, 11) is 0. The zero-order chi connectivity index (χ0) is 55.1. The lowest BCUT2D eigenvalue weighted by Gasteiger charge is -2.71. The summed E-state index contributed by atoms with van der Waals surface area (Å²) in [5, 5.41) is 151. The van der Waals surface area contributed by atoms with Crippen molar-refractivity contribution in [3.05, 3.63) is 11.6 Å². The van der Waals surface area contributed by atoms with E-state index in [1.165, 1.54) is 0 Å². The van der Waals surface area contributed by atoms with Crippen LogP contribution in [0.3, 0.4) is 0 Å². The van der Waals surface area contributed by atoms with Crippen LogP contribution in [0.25, 0.3) is 0 Å². The average Bonchev–Trinajstić information content (AvgIpc) is 3.89. The predicted molar refractivity (Wildman–Crippen MR) is 260 cm³/mol. The third-order valence-electron chi connectivity index (χ3n) is 20.5. The van der Waals surface area contributed by atoms with Gasteiger partial charge in [-0.15, -0.1) is 0 Å². The maximum atomic E-state index is 12.8. The maximum absolute atomic E-state index is 12.8. The van der Waals surface area contributed by atoms with Crippen LogP contribution in [0.2, 0.25) is 0 Å². The minimum Gasteiger partial charge on any atom is -0.394 e. The second-order valence-corrected chi connectivity index (χ2v) is 25.3. The molecule has 4 heterocycles. The zero-order valence-corrected chi connectivity index (χ0v) is 44.7. The van der Waals surface area contributed by atoms with Gasteiger partial charge in [-0.2, -0.15) is 0 Å². The smallest absolute Gasteiger partial charge is 0.187 e. The molecule has 0 aromatic carbocycles. The summed E-state index contributed by atoms with van der Waals surface area (Å²) >= 11 is 0. The molecule has 8 fully saturated rings. The van der Waals surface area contributed by atoms with Crippen molar-refractivity contribution in [3.63, 3.8) is 0 Å². The van der Waals surface area contributed by atoms with Gasteiger partial charge < -0.3 is 109 Å². The van der Waals surface area contributed by atoms with Gasteiger partial charge in [0.15, 0.2) is 25.2 Å². The standard InChI is InChI=1S/C53H90O22/c1-23(2)10-9-14-53(8,75-47-43(67)39(63)37(61)29(72-47)22-68-45-41(65)36(60)28(21-56)69-45)24-11-16-52(7)33(24)25(57)18-31-50(5)15-13-32(49(3,4)30(50)12-17-51(31,52)6)73-48-44(40(64)35(59)27(20-55)71-48)74-46-42(66)38(62)34(58)26(19-54)70-46/h10,24-48,54-67H,9,11-22H2,1-8H3/t24-,25+,26+,27+,28-,29+,30?,31?,32-,33?,34+,35+,36-,37+,38-,39-,40-,41+,42+,43+,44+,45+,46-,47-,48-,50-,51+,52+,53-/m0/s1. The van der Waals surface area contributed by atoms with Crippen molar-refractivity contribution < 1.29 is 109 Å². The first-order valence-corrected chi connectivity index (χ1v) is 27.3. The fourth-order valence-electron chi connectivity index (χ4n) is 16.1. The molecule has 4 saturated heterocycles. The van der Waals surface area contributed by atoms with E-state index in [0.29, 0.717) is 38.5 Å². The highest BCUT2D eigenvalue weighted by molar-refractivity contribution is 5.20. The van der Waals surface area contributed by atoms with Gasteiger partial charge in [0, 0.05) is 0 Å². The largest absolute Gasteiger partial charge is 0.394 e. The third-order valence-corrected chi connectivity index (χ3v) is 20.5. The molecule has 0 radical (unpaired) electrons. The molecule has 0 spiro atoms. The van der Waals surface area contributed by atoms with Gasteiger partial charge >= 0.3 is 0 Å². The lowest BCUT2D eigenvalue weighted by atomic mass is 9.35. The second kappa shape index (κ2) is 22.7. The van der Waals surface area contributed by atoms with Gasteiger partial charge in [0.05, 0.1) is 44.2 Å². The molecule has 0 bridgehead atoms. The molecular formula is C53H90O22. The third kappa shape index (κ3) is 10.5. The molecule has 0 amide bonds. The van der Waals surface area contributed by atoms with Crippen molar-refractivity contribution in [3.8, 4) is 0 Å². The number of allylic oxidation sites excluding steroid dienone is 2. The number of hydrogen-bond acceptors (Lipinski definition) is 22. The van der Waals surface area contributed by atoms with Crippen LogP contribution in [0.4, 0.5) is 0 Å². The summed E-state index contributed by atoms with van der Waals surface area (Å²) in [4.78, 5) is 0. The van der Waals surface area contributed by atoms with Crippen LogP contribution in [0.15, 0.2) is 11.6 Å². The molecule has 8 rings (SSSR count). The van der Waals surface area contributed by atoms with Crippen molar-refractivity contribution in [1.82, 2.24) is 0 Å². The van der Waals surface area contributed by atoms with Crippen LogP contribution >= 0.6 is 0 Å². The normalized spacial score (nSPS) is 52.6. The number of rotatable bonds is 16. The van der Waals surface area contributed by atoms with Gasteiger partial charge in [-0.05, 0) is 124 Å². The molecule has 3 unspecified atom stereocenters. The number of ether oxygens (including phenoxy) is 8. The van der Waals surface area contributed by atoms with Crippen LogP contribution in [0.5, 0.6) is 0 Å². The monoisotopic (exact) mass is 1080 g/mol. The molecule has 29 atom stereocenters. The molecular weight excluding hydrogens is 989 g/mol. The Balaban J connectivity index is 1.01. The van der Waals surface area contributed by atoms with E-state index in [0.717, 1.165) is 24.8 Å². The molecule has 0 aromatic rings. The quantitative estimate of drug-likeness (QED) is 0.0614. The Morgan fingerprint density at radius 3 is 1.69 bits per heavy atom. The summed E-state index contributed by atoms with van der Waals surface area (Å²) < 4.78 is 48.9. The van der Waals surface area contributed by atoms with E-state index in [9.17, 15) is 71.5 Å². The summed E-state index contributed by atoms with van der Waals surface area (Å²) in [6.45, 7) is 14.9. The van der Waals surface area contributed by atoms with Gasteiger partial charge in [-0.3, -0.25) is 0 Å². The van der Waals surface area contributed by atoms with E-state index in [1.54, 1.807) is 0 Å². The van der Waals surface area contributed by atoms with Crippen LogP contribution in [-0.2, 0) is 37.9 Å². The van der Waals surface area contributed by atoms with Gasteiger partial charge in [-0.25, -0.2) is 0 Å². The van der Waals surface area contributed by atoms with Crippen molar-refractivity contribution in [2.45, 2.75) is 248 Å². The molecule has 4 aliphatic carbocycles. The number of fused-ring (bicyclic) bond motifs is 5. The van der Waals surface area contributed by atoms with E-state index >= 15 is 0 Å². The van der Waals surface area contributed by atoms with Crippen LogP contribution in [0, 0.1) is 45.3 Å². The fourth-order valence-corrected chi connectivity index (χ4v) is 16.1. The van der Waals surface area contributed by atoms with Crippen LogP contribution in [0.1, 0.15) is 113 Å². The topological polar surface area (TPSA) is 357 Å². The highest BCUT2D eigenvalue weighted by Gasteiger charge is 2.72. The van der Waals surface area contributed by atoms with Gasteiger partial charge in [0.2, 0.25) is 0 Å². The molecule has 0 aromatic heterocycles. The van der Waals surface area contributed by atoms with Crippen LogP contribution < -0.4 is 0 Å². The first kappa shape index (κ1) is 60.0. The first-order chi connectivity index (χ1) is 35.1. The average molecular weight is 1080 g/mol. The van der Waals surface area contributed by atoms with E-state index in [1.807, 2.05) is 20.8 Å². The zero-order valence-electron chi connectivity index (χ0n) is 44.7. The van der Waals surface area contributed by atoms with E-state index in [2.05, 4.69) is 40.7 Å². The van der Waals surface area contributed by atoms with Crippen molar-refractivity contribution >= 4 is 0 Å². The molecule has 14 N–H and O–H groups in total. The van der Waals surface area contributed by atoms with Crippen LogP contribution in [-0.4, -0.2) is 232 Å². The van der Waals surface area contributed by atoms with Gasteiger partial charge in [0.1, 0.15) is 91.6 Å². The summed E-state index contributed by atoms with van der Waals surface area (Å²) in [5.74, 6) is -0.394. The second-order valence-electron chi connectivity index (χ2n) is 25.3. The lowest BCUT2D eigenvalue weighted by molar-refractivity contribution is -0.378. The molecule has 75 heavy (non-hydrogen) atoms. The Morgan fingerprint density at radius 1 is 0.560 bits per heavy atom. The Morgan fingerprint density at radius 2 is 1.08 bits per heavy atom. The molecule has 8 aliphatic rings. The van der Waals surface area contributed by atoms with Gasteiger partial charge in [-0.1, -0.05) is 46.3 Å². The van der Waals surface area contributed by atoms with Gasteiger partial charge in [0.25, 0.3) is 0 Å². The summed E-state index contributed by atoms with van der Waals surface area (Å²) in [6, 6.07) is 0. The molecule has 434 valence electrons. The Labute approximate surface area is 439 Å². The first-order valence-electron chi connectivity index (χ1n) is 27.3. The summed E-state index contributed by atoms with van der Waals surface area (Å²) in [6.07, 6.45) is -22.1. The Kier molecular flexibility index (Phi) is 18.1. The highest BCUT2D eigenvalue weighted by atomic mass is 16.8. The molecule has 4 saturated carbocycles. The molecule has 22 heteroatoms. The van der Waals surface area contributed by atoms with Crippen molar-refractivity contribution in [2.75, 3.05) is 26.4 Å². The fraction of sp³-hybridized carbons (Fsp3) is 0.962. The molecule has 4 aliphatic heterocycles. The lowest BCUT2D eigenvalue weighted by Crippen LogP contribution is -2.68. The SMILES string of the molecule is CC(C)=CCC[C@](C)(O[C@@H]1O[C@H](CO[C@@H]2O[C@@H](CO)[C@H](O)[C@H]2O)[C@@H](O)[C@H](O)[C@H]1O)[C@H]1CC[C@]2(C)C1[C@H](O)CC1[C@@]3(C)CC[C@H](O[C@@H]4O[C@H](CO)[C@@H](O)[C@H](O)[C@H]4O[C@@H]4O[C@H](CO)[C@@H](O)[C@H](O)[C@H]4O)C(C)(C)C3CC[C@]12C. The number of aliphatic hydroxyl groups excluding tert-OH is 14. The Bertz CT molecular complexity index is 1940. The predicted octanol–water partition coefficient (Wildman–Crippen LogP) is -1.56. The number of hydrogen-bond donors (Lipinski definition) is 14. The minimum atomic E-state index is -1.81. The minimum absolute atomic E-state index is 0.0508. The highest BCUT2D eigenvalue weighted by Crippen LogP contribution is 2.76. The van der Waals surface area contributed by atoms with Crippen molar-refractivity contribution in [2.24, 2.45) is 45.3 Å². The van der Waals surface area contributed by atoms with E-state index in [-0.39, 0.29) is 34.5 Å². The maximum Gasteiger partial charge on any atom is 0.187 e. The number of aliphatic hydroxyl groups is 14. The van der Waals surface area contributed by atoms with E-state index in [4.69, 9.17) is 37.9 Å². The summed E-state index contributed by atoms with van der Waals surface area (Å²) in [5.41, 5.74) is -1.47. The van der Waals surface area contributed by atoms with E-state index < -0.39 is 172 Å². The molecule has 22 nitrogen and oxygen atoms in total.